The molecule has 5 heteroatoms. The SMILES string of the molecule is Cc1ncc(Br)c(=O)n1CC(CBr)c1ccccc1. The predicted octanol–water partition coefficient (Wildman–Crippen LogP) is 3.49. The minimum Gasteiger partial charge on any atom is -0.295 e. The van der Waals surface area contributed by atoms with E-state index < -0.39 is 0 Å². The van der Waals surface area contributed by atoms with Gasteiger partial charge in [-0.3, -0.25) is 9.36 Å². The van der Waals surface area contributed by atoms with Crippen molar-refractivity contribution >= 4 is 31.9 Å². The van der Waals surface area contributed by atoms with Gasteiger partial charge in [-0.2, -0.15) is 0 Å². The highest BCUT2D eigenvalue weighted by molar-refractivity contribution is 9.10. The van der Waals surface area contributed by atoms with E-state index in [0.29, 0.717) is 11.0 Å². The molecule has 0 spiro atoms. The van der Waals surface area contributed by atoms with E-state index in [9.17, 15) is 4.79 Å². The number of alkyl halides is 1. The Bertz CT molecular complexity index is 611. The number of halogens is 2. The molecular weight excluding hydrogens is 372 g/mol. The van der Waals surface area contributed by atoms with Crippen molar-refractivity contribution < 1.29 is 0 Å². The molecule has 1 atom stereocenters. The average Bonchev–Trinajstić information content (AvgIpc) is 2.44. The lowest BCUT2D eigenvalue weighted by atomic mass is 10.0. The first-order valence-electron chi connectivity index (χ1n) is 5.96. The normalized spacial score (nSPS) is 12.4. The Balaban J connectivity index is 2.35. The van der Waals surface area contributed by atoms with E-state index in [0.717, 1.165) is 11.2 Å². The number of aryl methyl sites for hydroxylation is 1. The third-order valence-electron chi connectivity index (χ3n) is 3.07. The number of aromatic nitrogens is 2. The minimum absolute atomic E-state index is 0.0330. The Morgan fingerprint density at radius 1 is 1.32 bits per heavy atom. The molecule has 0 bridgehead atoms. The van der Waals surface area contributed by atoms with E-state index in [1.54, 1.807) is 10.8 Å². The summed E-state index contributed by atoms with van der Waals surface area (Å²) in [5.41, 5.74) is 1.18. The molecule has 0 fully saturated rings. The molecule has 1 aromatic heterocycles. The molecule has 0 saturated carbocycles. The first-order valence-corrected chi connectivity index (χ1v) is 7.87. The van der Waals surface area contributed by atoms with Crippen LogP contribution in [0, 0.1) is 6.92 Å². The second kappa shape index (κ2) is 6.48. The molecule has 0 radical (unpaired) electrons. The zero-order chi connectivity index (χ0) is 13.8. The van der Waals surface area contributed by atoms with Crippen LogP contribution in [0.4, 0.5) is 0 Å². The third kappa shape index (κ3) is 3.34. The zero-order valence-corrected chi connectivity index (χ0v) is 13.7. The smallest absolute Gasteiger partial charge is 0.267 e. The molecule has 0 aliphatic rings. The number of benzene rings is 1. The minimum atomic E-state index is -0.0330. The Morgan fingerprint density at radius 2 is 2.00 bits per heavy atom. The summed E-state index contributed by atoms with van der Waals surface area (Å²) in [6.07, 6.45) is 1.56. The van der Waals surface area contributed by atoms with Gasteiger partial charge in [0, 0.05) is 24.0 Å². The van der Waals surface area contributed by atoms with Gasteiger partial charge in [-0.25, -0.2) is 4.98 Å². The Kier molecular flexibility index (Phi) is 4.93. The number of hydrogen-bond acceptors (Lipinski definition) is 2. The van der Waals surface area contributed by atoms with Crippen LogP contribution in [0.1, 0.15) is 17.3 Å². The Morgan fingerprint density at radius 3 is 2.63 bits per heavy atom. The first kappa shape index (κ1) is 14.5. The summed E-state index contributed by atoms with van der Waals surface area (Å²) in [5, 5.41) is 0.801. The van der Waals surface area contributed by atoms with Gasteiger partial charge >= 0.3 is 0 Å². The maximum absolute atomic E-state index is 12.1. The van der Waals surface area contributed by atoms with Gasteiger partial charge in [-0.05, 0) is 28.4 Å². The molecule has 0 saturated heterocycles. The van der Waals surface area contributed by atoms with E-state index in [4.69, 9.17) is 0 Å². The van der Waals surface area contributed by atoms with Gasteiger partial charge < -0.3 is 0 Å². The van der Waals surface area contributed by atoms with Crippen LogP contribution in [-0.4, -0.2) is 14.9 Å². The highest BCUT2D eigenvalue weighted by atomic mass is 79.9. The van der Waals surface area contributed by atoms with E-state index in [1.807, 2.05) is 25.1 Å². The number of rotatable bonds is 4. The zero-order valence-electron chi connectivity index (χ0n) is 10.5. The van der Waals surface area contributed by atoms with Crippen molar-refractivity contribution in [3.63, 3.8) is 0 Å². The van der Waals surface area contributed by atoms with E-state index >= 15 is 0 Å². The quantitative estimate of drug-likeness (QED) is 0.755. The lowest BCUT2D eigenvalue weighted by molar-refractivity contribution is 0.561. The van der Waals surface area contributed by atoms with Crippen LogP contribution in [0.15, 0.2) is 45.8 Å². The third-order valence-corrected chi connectivity index (χ3v) is 4.39. The molecule has 3 nitrogen and oxygen atoms in total. The molecule has 2 aromatic rings. The highest BCUT2D eigenvalue weighted by Crippen LogP contribution is 2.20. The first-order chi connectivity index (χ1) is 9.13. The van der Waals surface area contributed by atoms with Crippen LogP contribution < -0.4 is 5.56 Å². The maximum Gasteiger partial charge on any atom is 0.267 e. The second-order valence-electron chi connectivity index (χ2n) is 4.33. The number of nitrogens with zero attached hydrogens (tertiary/aromatic N) is 2. The molecule has 19 heavy (non-hydrogen) atoms. The van der Waals surface area contributed by atoms with Crippen molar-refractivity contribution in [1.82, 2.24) is 9.55 Å². The standard InChI is InChI=1S/C14H14Br2N2O/c1-10-17-8-13(16)14(19)18(10)9-12(7-15)11-5-3-2-4-6-11/h2-6,8,12H,7,9H2,1H3. The van der Waals surface area contributed by atoms with E-state index in [-0.39, 0.29) is 11.5 Å². The Hall–Kier alpha value is -0.940. The predicted molar refractivity (Wildman–Crippen MR) is 83.9 cm³/mol. The van der Waals surface area contributed by atoms with Crippen LogP contribution >= 0.6 is 31.9 Å². The molecule has 1 aromatic carbocycles. The molecule has 1 unspecified atom stereocenters. The van der Waals surface area contributed by atoms with Gasteiger partial charge in [0.2, 0.25) is 0 Å². The van der Waals surface area contributed by atoms with Gasteiger partial charge in [-0.1, -0.05) is 46.3 Å². The van der Waals surface area contributed by atoms with Gasteiger partial charge in [0.1, 0.15) is 10.3 Å². The van der Waals surface area contributed by atoms with Gasteiger partial charge in [0.15, 0.2) is 0 Å². The fourth-order valence-corrected chi connectivity index (χ4v) is 2.85. The van der Waals surface area contributed by atoms with Crippen LogP contribution in [0.5, 0.6) is 0 Å². The molecular formula is C14H14Br2N2O. The Labute approximate surface area is 128 Å². The topological polar surface area (TPSA) is 34.9 Å². The molecule has 1 heterocycles. The van der Waals surface area contributed by atoms with Crippen LogP contribution in [0.25, 0.3) is 0 Å². The van der Waals surface area contributed by atoms with Crippen molar-refractivity contribution in [3.05, 3.63) is 62.7 Å². The summed E-state index contributed by atoms with van der Waals surface area (Å²) in [7, 11) is 0. The lowest BCUT2D eigenvalue weighted by Gasteiger charge is -2.17. The van der Waals surface area contributed by atoms with E-state index in [2.05, 4.69) is 49.0 Å². The van der Waals surface area contributed by atoms with Crippen molar-refractivity contribution in [2.75, 3.05) is 5.33 Å². The van der Waals surface area contributed by atoms with Crippen molar-refractivity contribution in [2.24, 2.45) is 0 Å². The van der Waals surface area contributed by atoms with Crippen LogP contribution in [0.2, 0.25) is 0 Å². The largest absolute Gasteiger partial charge is 0.295 e. The van der Waals surface area contributed by atoms with Gasteiger partial charge in [0.25, 0.3) is 5.56 Å². The van der Waals surface area contributed by atoms with Gasteiger partial charge in [0.05, 0.1) is 0 Å². The summed E-state index contributed by atoms with van der Waals surface area (Å²) in [6.45, 7) is 2.47. The van der Waals surface area contributed by atoms with Crippen molar-refractivity contribution in [2.45, 2.75) is 19.4 Å². The lowest BCUT2D eigenvalue weighted by Crippen LogP contribution is -2.27. The summed E-state index contributed by atoms with van der Waals surface area (Å²) < 4.78 is 2.21. The average molecular weight is 386 g/mol. The van der Waals surface area contributed by atoms with E-state index in [1.165, 1.54) is 5.56 Å². The second-order valence-corrected chi connectivity index (χ2v) is 5.83. The van der Waals surface area contributed by atoms with Gasteiger partial charge in [-0.15, -0.1) is 0 Å². The molecule has 2 rings (SSSR count). The monoisotopic (exact) mass is 384 g/mol. The number of hydrogen-bond donors (Lipinski definition) is 0. The molecule has 100 valence electrons. The van der Waals surface area contributed by atoms with Crippen molar-refractivity contribution in [3.8, 4) is 0 Å². The maximum atomic E-state index is 12.1. The fourth-order valence-electron chi connectivity index (χ4n) is 1.95. The summed E-state index contributed by atoms with van der Waals surface area (Å²) in [6, 6.07) is 10.2. The molecule has 0 N–H and O–H groups in total. The summed E-state index contributed by atoms with van der Waals surface area (Å²) in [5.74, 6) is 0.976. The fraction of sp³-hybridized carbons (Fsp3) is 0.286. The molecule has 0 amide bonds. The van der Waals surface area contributed by atoms with Crippen LogP contribution in [0.3, 0.4) is 0 Å². The summed E-state index contributed by atoms with van der Waals surface area (Å²) in [4.78, 5) is 16.4. The highest BCUT2D eigenvalue weighted by Gasteiger charge is 2.14. The van der Waals surface area contributed by atoms with Crippen LogP contribution in [-0.2, 0) is 6.54 Å². The van der Waals surface area contributed by atoms with Crippen molar-refractivity contribution in [1.29, 1.82) is 0 Å². The molecule has 0 aliphatic heterocycles. The molecule has 0 aliphatic carbocycles. The summed E-state index contributed by atoms with van der Waals surface area (Å²) >= 11 is 6.77.